The Bertz CT molecular complexity index is 1390. The second-order valence-electron chi connectivity index (χ2n) is 14.7. The minimum absolute atomic E-state index is 0.0461. The molecule has 0 spiro atoms. The van der Waals surface area contributed by atoms with Crippen LogP contribution in [-0.2, 0) is 0 Å². The maximum atomic E-state index is 15.4. The Labute approximate surface area is 283 Å². The maximum Gasteiger partial charge on any atom is 0.412 e. The van der Waals surface area contributed by atoms with Gasteiger partial charge in [0.15, 0.2) is 0 Å². The van der Waals surface area contributed by atoms with E-state index in [9.17, 15) is 26.3 Å². The molecular formula is C39H47F9O. The van der Waals surface area contributed by atoms with Crippen molar-refractivity contribution in [2.45, 2.75) is 134 Å². The van der Waals surface area contributed by atoms with Crippen molar-refractivity contribution < 1.29 is 44.3 Å². The molecule has 10 heteroatoms. The van der Waals surface area contributed by atoms with Crippen LogP contribution in [-0.4, -0.2) is 12.3 Å². The average Bonchev–Trinajstić information content (AvgIpc) is 3.04. The second-order valence-corrected chi connectivity index (χ2v) is 14.7. The van der Waals surface area contributed by atoms with Crippen molar-refractivity contribution in [3.8, 4) is 5.75 Å². The molecule has 3 aliphatic rings. The monoisotopic (exact) mass is 702 g/mol. The summed E-state index contributed by atoms with van der Waals surface area (Å²) in [6.45, 7) is 2.25. The number of benzene rings is 2. The minimum atomic E-state index is -5.18. The highest BCUT2D eigenvalue weighted by Gasteiger charge is 2.45. The summed E-state index contributed by atoms with van der Waals surface area (Å²) < 4.78 is 130. The Morgan fingerprint density at radius 2 is 1.29 bits per heavy atom. The van der Waals surface area contributed by atoms with Crippen LogP contribution in [0.3, 0.4) is 0 Å². The van der Waals surface area contributed by atoms with Gasteiger partial charge in [-0.15, -0.1) is 0 Å². The van der Waals surface area contributed by atoms with Gasteiger partial charge in [0.2, 0.25) is 0 Å². The van der Waals surface area contributed by atoms with Gasteiger partial charge in [-0.05, 0) is 111 Å². The molecular weight excluding hydrogens is 655 g/mol. The van der Waals surface area contributed by atoms with Gasteiger partial charge in [0.1, 0.15) is 29.0 Å². The van der Waals surface area contributed by atoms with Crippen LogP contribution in [0.15, 0.2) is 36.4 Å². The summed E-state index contributed by atoms with van der Waals surface area (Å²) in [7, 11) is 0. The predicted octanol–water partition coefficient (Wildman–Crippen LogP) is 13.6. The molecule has 0 N–H and O–H groups in total. The van der Waals surface area contributed by atoms with E-state index in [1.165, 1.54) is 64.2 Å². The lowest BCUT2D eigenvalue weighted by molar-refractivity contribution is -0.222. The van der Waals surface area contributed by atoms with E-state index >= 15 is 13.2 Å². The average molecular weight is 703 g/mol. The van der Waals surface area contributed by atoms with Crippen molar-refractivity contribution in [3.63, 3.8) is 0 Å². The Morgan fingerprint density at radius 3 is 1.84 bits per heavy atom. The first-order valence-electron chi connectivity index (χ1n) is 18.0. The molecule has 0 heterocycles. The standard InChI is InChI=1S/C39H47F9O/c1-2-3-4-5-24-6-8-25(9-7-24)26-10-12-27(13-11-26)29-16-19-32(33(40)20-29)28-14-17-30(18-15-28)39(47,48)49-31-21-34(41)37(35(42)22-31)36(43)23-38(44,45)46/h16,19-28,30H,2-15,17-18H2,1H3/b36-23-. The number of unbranched alkanes of at least 4 members (excludes halogenated alkanes) is 2. The van der Waals surface area contributed by atoms with Crippen molar-refractivity contribution in [2.75, 3.05) is 0 Å². The van der Waals surface area contributed by atoms with Gasteiger partial charge in [0, 0.05) is 12.1 Å². The molecule has 0 atom stereocenters. The third kappa shape index (κ3) is 9.78. The van der Waals surface area contributed by atoms with Gasteiger partial charge >= 0.3 is 12.3 Å². The van der Waals surface area contributed by atoms with E-state index in [2.05, 4.69) is 11.7 Å². The normalized spacial score (nSPS) is 27.3. The van der Waals surface area contributed by atoms with Gasteiger partial charge < -0.3 is 4.74 Å². The molecule has 0 radical (unpaired) electrons. The first-order chi connectivity index (χ1) is 23.2. The Balaban J connectivity index is 1.11. The zero-order chi connectivity index (χ0) is 35.3. The molecule has 0 aromatic heterocycles. The summed E-state index contributed by atoms with van der Waals surface area (Å²) >= 11 is 0. The SMILES string of the molecule is CCCCCC1CCC(C2CCC(c3ccc(C4CCC(C(F)(F)Oc5cc(F)c(/C(F)=C/C(F)(F)F)c(F)c5)CC4)c(F)c3)CC2)CC1. The summed E-state index contributed by atoms with van der Waals surface area (Å²) in [5.41, 5.74) is -0.142. The van der Waals surface area contributed by atoms with E-state index in [0.717, 1.165) is 36.2 Å². The molecule has 0 unspecified atom stereocenters. The molecule has 1 nitrogen and oxygen atoms in total. The molecule has 3 aliphatic carbocycles. The summed E-state index contributed by atoms with van der Waals surface area (Å²) in [5, 5.41) is 0. The molecule has 272 valence electrons. The van der Waals surface area contributed by atoms with E-state index < -0.39 is 53.1 Å². The Morgan fingerprint density at radius 1 is 0.714 bits per heavy atom. The molecule has 2 aromatic rings. The van der Waals surface area contributed by atoms with Crippen LogP contribution in [0.4, 0.5) is 39.5 Å². The third-order valence-corrected chi connectivity index (χ3v) is 11.5. The molecule has 3 saturated carbocycles. The first kappa shape index (κ1) is 37.6. The number of ether oxygens (including phenoxy) is 1. The number of hydrogen-bond acceptors (Lipinski definition) is 1. The van der Waals surface area contributed by atoms with Crippen molar-refractivity contribution in [2.24, 2.45) is 23.7 Å². The molecule has 49 heavy (non-hydrogen) atoms. The highest BCUT2D eigenvalue weighted by Crippen LogP contribution is 2.47. The quantitative estimate of drug-likeness (QED) is 0.167. The highest BCUT2D eigenvalue weighted by molar-refractivity contribution is 5.61. The number of rotatable bonds is 11. The summed E-state index contributed by atoms with van der Waals surface area (Å²) in [4.78, 5) is 0. The summed E-state index contributed by atoms with van der Waals surface area (Å²) in [5.74, 6) is -5.98. The number of hydrogen-bond donors (Lipinski definition) is 0. The third-order valence-electron chi connectivity index (χ3n) is 11.5. The van der Waals surface area contributed by atoms with E-state index in [1.807, 2.05) is 6.07 Å². The zero-order valence-electron chi connectivity index (χ0n) is 28.1. The maximum absolute atomic E-state index is 15.4. The molecule has 0 saturated heterocycles. The summed E-state index contributed by atoms with van der Waals surface area (Å²) in [6.07, 6.45) is 5.62. The van der Waals surface area contributed by atoms with Gasteiger partial charge in [0.05, 0.1) is 17.6 Å². The van der Waals surface area contributed by atoms with Crippen LogP contribution in [0.2, 0.25) is 0 Å². The minimum Gasteiger partial charge on any atom is -0.432 e. The summed E-state index contributed by atoms with van der Waals surface area (Å²) in [6, 6.07) is 5.84. The molecule has 5 rings (SSSR count). The van der Waals surface area contributed by atoms with Gasteiger partial charge in [0.25, 0.3) is 0 Å². The van der Waals surface area contributed by atoms with E-state index in [0.29, 0.717) is 11.5 Å². The molecule has 0 amide bonds. The van der Waals surface area contributed by atoms with Crippen molar-refractivity contribution in [1.29, 1.82) is 0 Å². The Hall–Kier alpha value is -2.65. The molecule has 3 fully saturated rings. The van der Waals surface area contributed by atoms with Crippen molar-refractivity contribution >= 4 is 5.83 Å². The van der Waals surface area contributed by atoms with Crippen molar-refractivity contribution in [3.05, 3.63) is 70.5 Å². The fourth-order valence-electron chi connectivity index (χ4n) is 8.72. The molecule has 0 aliphatic heterocycles. The fourth-order valence-corrected chi connectivity index (χ4v) is 8.72. The largest absolute Gasteiger partial charge is 0.432 e. The van der Waals surface area contributed by atoms with E-state index in [4.69, 9.17) is 0 Å². The number of halogens is 9. The Kier molecular flexibility index (Phi) is 12.4. The number of allylic oxidation sites excluding steroid dienone is 1. The van der Waals surface area contributed by atoms with Crippen molar-refractivity contribution in [1.82, 2.24) is 0 Å². The van der Waals surface area contributed by atoms with Crippen LogP contribution in [0, 0.1) is 41.1 Å². The van der Waals surface area contributed by atoms with E-state index in [1.54, 1.807) is 12.1 Å². The van der Waals surface area contributed by atoms with Gasteiger partial charge in [-0.3, -0.25) is 0 Å². The first-order valence-corrected chi connectivity index (χ1v) is 18.0. The smallest absolute Gasteiger partial charge is 0.412 e. The van der Waals surface area contributed by atoms with Gasteiger partial charge in [-0.1, -0.05) is 57.6 Å². The zero-order valence-corrected chi connectivity index (χ0v) is 28.1. The lowest BCUT2D eigenvalue weighted by Crippen LogP contribution is -2.37. The highest BCUT2D eigenvalue weighted by atomic mass is 19.4. The predicted molar refractivity (Wildman–Crippen MR) is 172 cm³/mol. The van der Waals surface area contributed by atoms with Crippen LogP contribution in [0.25, 0.3) is 5.83 Å². The van der Waals surface area contributed by atoms with Crippen LogP contribution in [0.5, 0.6) is 5.75 Å². The topological polar surface area (TPSA) is 9.23 Å². The molecule has 0 bridgehead atoms. The van der Waals surface area contributed by atoms with Crippen LogP contribution < -0.4 is 4.74 Å². The van der Waals surface area contributed by atoms with E-state index in [-0.39, 0.29) is 49.6 Å². The van der Waals surface area contributed by atoms with Crippen LogP contribution >= 0.6 is 0 Å². The van der Waals surface area contributed by atoms with Gasteiger partial charge in [-0.25, -0.2) is 17.6 Å². The second kappa shape index (κ2) is 16.1. The fraction of sp³-hybridized carbons (Fsp3) is 0.641. The number of alkyl halides is 5. The van der Waals surface area contributed by atoms with Crippen LogP contribution in [0.1, 0.15) is 138 Å². The van der Waals surface area contributed by atoms with Gasteiger partial charge in [-0.2, -0.15) is 22.0 Å². The lowest BCUT2D eigenvalue weighted by Gasteiger charge is -2.38. The lowest BCUT2D eigenvalue weighted by atomic mass is 9.68. The molecule has 2 aromatic carbocycles.